The zero-order chi connectivity index (χ0) is 21.0. The van der Waals surface area contributed by atoms with Crippen LogP contribution >= 0.6 is 0 Å². The number of hydrogen-bond acceptors (Lipinski definition) is 3. The van der Waals surface area contributed by atoms with Crippen LogP contribution in [-0.2, 0) is 4.79 Å². The summed E-state index contributed by atoms with van der Waals surface area (Å²) in [6.45, 7) is 7.52. The van der Waals surface area contributed by atoms with Crippen LogP contribution in [0.2, 0.25) is 0 Å². The second kappa shape index (κ2) is 8.65. The number of hydrogen-bond donors (Lipinski definition) is 2. The molecule has 1 aromatic heterocycles. The summed E-state index contributed by atoms with van der Waals surface area (Å²) in [6, 6.07) is 18.1. The van der Waals surface area contributed by atoms with Crippen LogP contribution in [-0.4, -0.2) is 22.6 Å². The number of carbonyl (C=O) groups excluding carboxylic acids is 2. The molecule has 0 aliphatic rings. The Kier molecular flexibility index (Phi) is 6.02. The predicted octanol–water partition coefficient (Wildman–Crippen LogP) is 4.20. The maximum atomic E-state index is 12.4. The minimum absolute atomic E-state index is 0.218. The highest BCUT2D eigenvalue weighted by atomic mass is 16.5. The number of carbonyl (C=O) groups is 2. The number of aryl methyl sites for hydroxylation is 3. The van der Waals surface area contributed by atoms with Crippen molar-refractivity contribution in [3.8, 4) is 5.75 Å². The first-order valence-corrected chi connectivity index (χ1v) is 9.44. The van der Waals surface area contributed by atoms with E-state index in [4.69, 9.17) is 4.74 Å². The third-order valence-electron chi connectivity index (χ3n) is 4.60. The van der Waals surface area contributed by atoms with Crippen LogP contribution in [0.3, 0.4) is 0 Å². The molecule has 1 heterocycles. The van der Waals surface area contributed by atoms with Crippen molar-refractivity contribution in [2.45, 2.75) is 33.8 Å². The molecule has 0 unspecified atom stereocenters. The Morgan fingerprint density at radius 2 is 1.45 bits per heavy atom. The van der Waals surface area contributed by atoms with E-state index in [1.165, 1.54) is 0 Å². The summed E-state index contributed by atoms with van der Waals surface area (Å²) < 4.78 is 7.44. The van der Waals surface area contributed by atoms with Crippen LogP contribution in [0.15, 0.2) is 60.7 Å². The van der Waals surface area contributed by atoms with Gasteiger partial charge in [0.25, 0.3) is 11.8 Å². The number of benzene rings is 2. The molecule has 2 N–H and O–H groups in total. The van der Waals surface area contributed by atoms with Gasteiger partial charge < -0.3 is 10.1 Å². The number of ether oxygens (including phenoxy) is 1. The highest BCUT2D eigenvalue weighted by molar-refractivity contribution is 6.00. The third-order valence-corrected chi connectivity index (χ3v) is 4.60. The number of rotatable bonds is 6. The van der Waals surface area contributed by atoms with Crippen LogP contribution in [0.1, 0.15) is 34.2 Å². The zero-order valence-electron chi connectivity index (χ0n) is 17.0. The second-order valence-electron chi connectivity index (χ2n) is 7.03. The Hall–Kier alpha value is -3.54. The average molecular weight is 391 g/mol. The topological polar surface area (TPSA) is 72.4 Å². The van der Waals surface area contributed by atoms with Crippen LogP contribution in [0.4, 0.5) is 5.69 Å². The molecular formula is C23H25N3O3. The Bertz CT molecular complexity index is 985. The average Bonchev–Trinajstić information content (AvgIpc) is 3.02. The summed E-state index contributed by atoms with van der Waals surface area (Å²) in [7, 11) is 0. The Labute approximate surface area is 170 Å². The molecule has 0 fully saturated rings. The summed E-state index contributed by atoms with van der Waals surface area (Å²) in [5, 5.41) is 2.82. The summed E-state index contributed by atoms with van der Waals surface area (Å²) in [6.07, 6.45) is -0.679. The number of nitrogens with one attached hydrogen (secondary N) is 2. The lowest BCUT2D eigenvalue weighted by atomic mass is 10.2. The number of amides is 2. The predicted molar refractivity (Wildman–Crippen MR) is 114 cm³/mol. The molecule has 0 aliphatic carbocycles. The van der Waals surface area contributed by atoms with Gasteiger partial charge in [-0.05, 0) is 76.2 Å². The molecule has 3 rings (SSSR count). The molecule has 2 amide bonds. The Balaban J connectivity index is 1.58. The summed E-state index contributed by atoms with van der Waals surface area (Å²) in [5.74, 6) is 0.0553. The van der Waals surface area contributed by atoms with Gasteiger partial charge in [-0.1, -0.05) is 17.7 Å². The zero-order valence-corrected chi connectivity index (χ0v) is 17.0. The number of aromatic nitrogens is 1. The molecule has 1 atom stereocenters. The minimum atomic E-state index is -0.679. The molecule has 0 spiro atoms. The van der Waals surface area contributed by atoms with Gasteiger partial charge >= 0.3 is 0 Å². The maximum Gasteiger partial charge on any atom is 0.270 e. The van der Waals surface area contributed by atoms with Gasteiger partial charge in [0.1, 0.15) is 5.75 Å². The number of anilines is 1. The van der Waals surface area contributed by atoms with E-state index in [2.05, 4.69) is 10.7 Å². The van der Waals surface area contributed by atoms with Crippen LogP contribution in [0, 0.1) is 20.8 Å². The highest BCUT2D eigenvalue weighted by Crippen LogP contribution is 2.16. The first-order valence-electron chi connectivity index (χ1n) is 9.44. The monoisotopic (exact) mass is 391 g/mol. The van der Waals surface area contributed by atoms with E-state index < -0.39 is 6.10 Å². The first-order chi connectivity index (χ1) is 13.8. The highest BCUT2D eigenvalue weighted by Gasteiger charge is 2.15. The van der Waals surface area contributed by atoms with Crippen molar-refractivity contribution in [1.29, 1.82) is 0 Å². The molecule has 29 heavy (non-hydrogen) atoms. The second-order valence-corrected chi connectivity index (χ2v) is 7.03. The van der Waals surface area contributed by atoms with Crippen molar-refractivity contribution in [2.24, 2.45) is 0 Å². The first kappa shape index (κ1) is 20.2. The summed E-state index contributed by atoms with van der Waals surface area (Å²) >= 11 is 0. The fourth-order valence-corrected chi connectivity index (χ4v) is 2.83. The molecule has 2 aromatic carbocycles. The molecular weight excluding hydrogens is 366 g/mol. The molecule has 6 heteroatoms. The van der Waals surface area contributed by atoms with Crippen LogP contribution in [0.25, 0.3) is 0 Å². The lowest BCUT2D eigenvalue weighted by Crippen LogP contribution is -2.30. The third kappa shape index (κ3) is 5.04. The lowest BCUT2D eigenvalue weighted by Gasteiger charge is -2.15. The molecule has 150 valence electrons. The maximum absolute atomic E-state index is 12.4. The van der Waals surface area contributed by atoms with E-state index in [-0.39, 0.29) is 11.8 Å². The molecule has 3 aromatic rings. The normalized spacial score (nSPS) is 11.6. The van der Waals surface area contributed by atoms with Crippen molar-refractivity contribution < 1.29 is 14.3 Å². The summed E-state index contributed by atoms with van der Waals surface area (Å²) in [4.78, 5) is 24.8. The van der Waals surface area contributed by atoms with Crippen LogP contribution in [0.5, 0.6) is 5.75 Å². The van der Waals surface area contributed by atoms with Gasteiger partial charge in [-0.3, -0.25) is 19.7 Å². The summed E-state index contributed by atoms with van der Waals surface area (Å²) in [5.41, 5.74) is 7.10. The van der Waals surface area contributed by atoms with E-state index in [1.54, 1.807) is 35.9 Å². The van der Waals surface area contributed by atoms with Crippen LogP contribution < -0.4 is 15.5 Å². The Morgan fingerprint density at radius 1 is 0.862 bits per heavy atom. The lowest BCUT2D eigenvalue weighted by molar-refractivity contribution is -0.122. The van der Waals surface area contributed by atoms with E-state index in [1.807, 2.05) is 57.2 Å². The van der Waals surface area contributed by atoms with E-state index in [0.717, 1.165) is 22.6 Å². The fraction of sp³-hybridized carbons (Fsp3) is 0.217. The Morgan fingerprint density at radius 3 is 2.03 bits per heavy atom. The van der Waals surface area contributed by atoms with Crippen molar-refractivity contribution in [2.75, 3.05) is 10.7 Å². The van der Waals surface area contributed by atoms with Gasteiger partial charge in [0, 0.05) is 22.6 Å². The van der Waals surface area contributed by atoms with Crippen molar-refractivity contribution in [3.05, 3.63) is 83.2 Å². The van der Waals surface area contributed by atoms with Crippen molar-refractivity contribution >= 4 is 17.5 Å². The largest absolute Gasteiger partial charge is 0.481 e. The van der Waals surface area contributed by atoms with Gasteiger partial charge in [0.2, 0.25) is 0 Å². The molecule has 0 aliphatic heterocycles. The van der Waals surface area contributed by atoms with Crippen molar-refractivity contribution in [3.63, 3.8) is 0 Å². The minimum Gasteiger partial charge on any atom is -0.481 e. The molecule has 0 bridgehead atoms. The molecule has 0 saturated carbocycles. The van der Waals surface area contributed by atoms with Gasteiger partial charge in [-0.25, -0.2) is 0 Å². The van der Waals surface area contributed by atoms with Crippen molar-refractivity contribution in [1.82, 2.24) is 4.68 Å². The smallest absolute Gasteiger partial charge is 0.270 e. The quantitative estimate of drug-likeness (QED) is 0.661. The van der Waals surface area contributed by atoms with Gasteiger partial charge in [0.05, 0.1) is 0 Å². The molecule has 0 saturated heterocycles. The van der Waals surface area contributed by atoms with Gasteiger partial charge in [-0.15, -0.1) is 0 Å². The van der Waals surface area contributed by atoms with Gasteiger partial charge in [-0.2, -0.15) is 0 Å². The van der Waals surface area contributed by atoms with E-state index in [9.17, 15) is 9.59 Å². The van der Waals surface area contributed by atoms with Gasteiger partial charge in [0.15, 0.2) is 6.10 Å². The van der Waals surface area contributed by atoms with E-state index in [0.29, 0.717) is 11.3 Å². The standard InChI is InChI=1S/C23H25N3O3/c1-15-5-11-20(12-6-15)24-22(27)18(4)29-21-13-9-19(10-14-21)23(28)25-26-16(2)7-8-17(26)3/h5-14,18H,1-4H3,(H,24,27)(H,25,28)/t18-/m0/s1. The molecule has 6 nitrogen and oxygen atoms in total. The molecule has 0 radical (unpaired) electrons. The SMILES string of the molecule is Cc1ccc(NC(=O)[C@H](C)Oc2ccc(C(=O)Nn3c(C)ccc3C)cc2)cc1. The van der Waals surface area contributed by atoms with E-state index >= 15 is 0 Å². The fourth-order valence-electron chi connectivity index (χ4n) is 2.83. The number of nitrogens with zero attached hydrogens (tertiary/aromatic N) is 1.